The number of sulfone groups is 1. The van der Waals surface area contributed by atoms with Crippen molar-refractivity contribution in [3.8, 4) is 0 Å². The Morgan fingerprint density at radius 3 is 2.57 bits per heavy atom. The van der Waals surface area contributed by atoms with E-state index in [1.54, 1.807) is 6.92 Å². The number of thiophene rings is 1. The van der Waals surface area contributed by atoms with E-state index in [2.05, 4.69) is 10.6 Å². The molecule has 21 heavy (non-hydrogen) atoms. The Labute approximate surface area is 128 Å². The maximum atomic E-state index is 12.2. The highest BCUT2D eigenvalue weighted by Crippen LogP contribution is 2.40. The van der Waals surface area contributed by atoms with Crippen molar-refractivity contribution in [3.05, 3.63) is 4.88 Å². The van der Waals surface area contributed by atoms with Crippen LogP contribution in [0.5, 0.6) is 0 Å². The number of nitrogen functional groups attached to an aromatic ring is 1. The first-order valence-electron chi connectivity index (χ1n) is 6.79. The van der Waals surface area contributed by atoms with E-state index in [0.29, 0.717) is 5.00 Å². The number of rotatable bonds is 5. The lowest BCUT2D eigenvalue weighted by atomic mass is 10.1. The van der Waals surface area contributed by atoms with Gasteiger partial charge >= 0.3 is 0 Å². The fourth-order valence-corrected chi connectivity index (χ4v) is 4.89. The molecule has 0 bridgehead atoms. The van der Waals surface area contributed by atoms with Gasteiger partial charge in [-0.2, -0.15) is 0 Å². The van der Waals surface area contributed by atoms with Crippen molar-refractivity contribution in [1.82, 2.24) is 5.32 Å². The van der Waals surface area contributed by atoms with E-state index in [0.717, 1.165) is 37.3 Å². The highest BCUT2D eigenvalue weighted by atomic mass is 32.2. The summed E-state index contributed by atoms with van der Waals surface area (Å²) in [6, 6.07) is 0.163. The van der Waals surface area contributed by atoms with Gasteiger partial charge in [-0.3, -0.25) is 4.79 Å². The van der Waals surface area contributed by atoms with Crippen LogP contribution in [0.25, 0.3) is 0 Å². The van der Waals surface area contributed by atoms with Crippen LogP contribution in [-0.2, 0) is 9.84 Å². The Balaban J connectivity index is 2.43. The number of carbonyl (C=O) groups excluding carboxylic acids is 1. The predicted octanol–water partition coefficient (Wildman–Crippen LogP) is 0.387. The Bertz CT molecular complexity index is 633. The number of nitrogens with one attached hydrogen (secondary N) is 2. The summed E-state index contributed by atoms with van der Waals surface area (Å²) in [4.78, 5) is 11.5. The Morgan fingerprint density at radius 2 is 2.05 bits per heavy atom. The van der Waals surface area contributed by atoms with Crippen LogP contribution in [0.4, 0.5) is 10.7 Å². The summed E-state index contributed by atoms with van der Waals surface area (Å²) in [6.45, 7) is 3.29. The molecule has 118 valence electrons. The van der Waals surface area contributed by atoms with Gasteiger partial charge in [-0.1, -0.05) is 6.92 Å². The lowest BCUT2D eigenvalue weighted by Crippen LogP contribution is -2.35. The molecule has 0 saturated carbocycles. The molecule has 0 aliphatic carbocycles. The first kappa shape index (κ1) is 16.1. The molecule has 0 radical (unpaired) electrons. The fourth-order valence-electron chi connectivity index (χ4n) is 2.31. The van der Waals surface area contributed by atoms with Crippen molar-refractivity contribution < 1.29 is 13.2 Å². The number of nitrogens with two attached hydrogens (primary N) is 2. The van der Waals surface area contributed by atoms with Gasteiger partial charge in [-0.15, -0.1) is 11.3 Å². The minimum absolute atomic E-state index is 0.0160. The van der Waals surface area contributed by atoms with Crippen LogP contribution in [0.15, 0.2) is 4.90 Å². The van der Waals surface area contributed by atoms with E-state index < -0.39 is 15.7 Å². The third-order valence-corrected chi connectivity index (χ3v) is 6.58. The van der Waals surface area contributed by atoms with Crippen molar-refractivity contribution in [1.29, 1.82) is 0 Å². The zero-order valence-corrected chi connectivity index (χ0v) is 13.4. The molecule has 1 fully saturated rings. The van der Waals surface area contributed by atoms with Crippen molar-refractivity contribution in [2.75, 3.05) is 29.9 Å². The van der Waals surface area contributed by atoms with Crippen molar-refractivity contribution >= 4 is 37.8 Å². The Kier molecular flexibility index (Phi) is 4.74. The number of hydrogen-bond donors (Lipinski definition) is 4. The maximum Gasteiger partial charge on any atom is 0.261 e. The lowest BCUT2D eigenvalue weighted by Gasteiger charge is -2.24. The van der Waals surface area contributed by atoms with Crippen LogP contribution in [0.3, 0.4) is 0 Å². The molecule has 7 nitrogen and oxygen atoms in total. The molecule has 1 aromatic heterocycles. The van der Waals surface area contributed by atoms with Gasteiger partial charge < -0.3 is 22.1 Å². The summed E-state index contributed by atoms with van der Waals surface area (Å²) < 4.78 is 24.5. The third kappa shape index (κ3) is 3.30. The molecule has 2 heterocycles. The quantitative estimate of drug-likeness (QED) is 0.617. The van der Waals surface area contributed by atoms with Crippen LogP contribution in [0.1, 0.15) is 29.4 Å². The molecule has 1 aliphatic rings. The summed E-state index contributed by atoms with van der Waals surface area (Å²) in [7, 11) is -3.52. The number of piperidine rings is 1. The number of hydrogen-bond acceptors (Lipinski definition) is 7. The summed E-state index contributed by atoms with van der Waals surface area (Å²) in [5.74, 6) is -0.782. The molecule has 6 N–H and O–H groups in total. The summed E-state index contributed by atoms with van der Waals surface area (Å²) in [5, 5.41) is 6.88. The van der Waals surface area contributed by atoms with Gasteiger partial charge in [0, 0.05) is 6.04 Å². The fraction of sp³-hybridized carbons (Fsp3) is 0.583. The van der Waals surface area contributed by atoms with Gasteiger partial charge in [-0.25, -0.2) is 8.42 Å². The molecule has 1 aromatic rings. The van der Waals surface area contributed by atoms with E-state index in [4.69, 9.17) is 11.5 Å². The highest BCUT2D eigenvalue weighted by molar-refractivity contribution is 7.91. The number of anilines is 2. The minimum Gasteiger partial charge on any atom is -0.396 e. The van der Waals surface area contributed by atoms with Crippen molar-refractivity contribution in [2.24, 2.45) is 5.73 Å². The van der Waals surface area contributed by atoms with Crippen molar-refractivity contribution in [3.63, 3.8) is 0 Å². The topological polar surface area (TPSA) is 127 Å². The lowest BCUT2D eigenvalue weighted by molar-refractivity contribution is 0.100. The van der Waals surface area contributed by atoms with Gasteiger partial charge in [0.1, 0.15) is 14.8 Å². The molecule has 1 aliphatic heterocycles. The summed E-state index contributed by atoms with van der Waals surface area (Å²) >= 11 is 1.02. The SMILES string of the molecule is CCS(=O)(=O)c1c(NC2CCNCC2)sc(C(N)=O)c1N. The second kappa shape index (κ2) is 6.20. The second-order valence-electron chi connectivity index (χ2n) is 4.94. The predicted molar refractivity (Wildman–Crippen MR) is 84.5 cm³/mol. The van der Waals surface area contributed by atoms with E-state index in [1.807, 2.05) is 0 Å². The number of carbonyl (C=O) groups is 1. The molecule has 2 rings (SSSR count). The average molecular weight is 332 g/mol. The summed E-state index contributed by atoms with van der Waals surface area (Å²) in [6.07, 6.45) is 1.77. The van der Waals surface area contributed by atoms with Crippen LogP contribution < -0.4 is 22.1 Å². The van der Waals surface area contributed by atoms with Crippen LogP contribution in [-0.4, -0.2) is 39.2 Å². The average Bonchev–Trinajstić information content (AvgIpc) is 2.77. The van der Waals surface area contributed by atoms with Gasteiger partial charge in [0.25, 0.3) is 5.91 Å². The minimum atomic E-state index is -3.52. The maximum absolute atomic E-state index is 12.2. The number of amides is 1. The van der Waals surface area contributed by atoms with Gasteiger partial charge in [-0.05, 0) is 25.9 Å². The normalized spacial score (nSPS) is 16.8. The van der Waals surface area contributed by atoms with E-state index in [1.165, 1.54) is 0 Å². The Morgan fingerprint density at radius 1 is 1.43 bits per heavy atom. The number of primary amides is 1. The van der Waals surface area contributed by atoms with Crippen LogP contribution in [0, 0.1) is 0 Å². The molecule has 1 saturated heterocycles. The molecule has 0 spiro atoms. The first-order valence-corrected chi connectivity index (χ1v) is 9.25. The third-order valence-electron chi connectivity index (χ3n) is 3.49. The molecule has 1 amide bonds. The van der Waals surface area contributed by atoms with Crippen molar-refractivity contribution in [2.45, 2.75) is 30.7 Å². The molecule has 0 unspecified atom stereocenters. The monoisotopic (exact) mass is 332 g/mol. The van der Waals surface area contributed by atoms with Gasteiger partial charge in [0.15, 0.2) is 9.84 Å². The molecule has 0 atom stereocenters. The van der Waals surface area contributed by atoms with E-state index in [-0.39, 0.29) is 27.3 Å². The highest BCUT2D eigenvalue weighted by Gasteiger charge is 2.29. The molecular formula is C12H20N4O3S2. The molecular weight excluding hydrogens is 312 g/mol. The summed E-state index contributed by atoms with van der Waals surface area (Å²) in [5.41, 5.74) is 11.1. The van der Waals surface area contributed by atoms with Crippen LogP contribution >= 0.6 is 11.3 Å². The van der Waals surface area contributed by atoms with E-state index >= 15 is 0 Å². The zero-order valence-electron chi connectivity index (χ0n) is 11.8. The standard InChI is InChI=1S/C12H20N4O3S2/c1-2-21(18,19)10-8(13)9(11(14)17)20-12(10)16-7-3-5-15-6-4-7/h7,15-16H,2-6,13H2,1H3,(H2,14,17). The molecule has 9 heteroatoms. The largest absolute Gasteiger partial charge is 0.396 e. The Hall–Kier alpha value is -1.32. The van der Waals surface area contributed by atoms with E-state index in [9.17, 15) is 13.2 Å². The van der Waals surface area contributed by atoms with Gasteiger partial charge in [0.05, 0.1) is 11.4 Å². The first-order chi connectivity index (χ1) is 9.86. The second-order valence-corrected chi connectivity index (χ2v) is 8.18. The molecule has 0 aromatic carbocycles. The van der Waals surface area contributed by atoms with Gasteiger partial charge in [0.2, 0.25) is 0 Å². The van der Waals surface area contributed by atoms with Crippen LogP contribution in [0.2, 0.25) is 0 Å². The zero-order chi connectivity index (χ0) is 15.6. The smallest absolute Gasteiger partial charge is 0.261 e.